The highest BCUT2D eigenvalue weighted by Gasteiger charge is 2.09. The summed E-state index contributed by atoms with van der Waals surface area (Å²) in [4.78, 5) is 0. The van der Waals surface area contributed by atoms with Crippen molar-refractivity contribution in [3.63, 3.8) is 0 Å². The fraction of sp³-hybridized carbons (Fsp3) is 0.133. The molecule has 0 fully saturated rings. The van der Waals surface area contributed by atoms with Gasteiger partial charge in [-0.1, -0.05) is 12.1 Å². The van der Waals surface area contributed by atoms with Gasteiger partial charge >= 0.3 is 0 Å². The van der Waals surface area contributed by atoms with E-state index in [1.54, 1.807) is 18.2 Å². The van der Waals surface area contributed by atoms with Crippen molar-refractivity contribution in [1.82, 2.24) is 0 Å². The van der Waals surface area contributed by atoms with Crippen LogP contribution in [0.4, 0.5) is 14.5 Å². The van der Waals surface area contributed by atoms with Crippen molar-refractivity contribution in [1.29, 1.82) is 5.26 Å². The van der Waals surface area contributed by atoms with Gasteiger partial charge in [0.15, 0.2) is 6.61 Å². The van der Waals surface area contributed by atoms with Gasteiger partial charge in [-0.3, -0.25) is 0 Å². The van der Waals surface area contributed by atoms with Crippen LogP contribution in [0.15, 0.2) is 40.9 Å². The van der Waals surface area contributed by atoms with Crippen LogP contribution in [-0.4, -0.2) is 6.61 Å². The van der Waals surface area contributed by atoms with E-state index in [1.165, 1.54) is 6.07 Å². The summed E-state index contributed by atoms with van der Waals surface area (Å²) in [5.74, 6) is -0.745. The summed E-state index contributed by atoms with van der Waals surface area (Å²) < 4.78 is 32.2. The Hall–Kier alpha value is -2.13. The molecular formula is C15H11BrF2N2O. The molecular weight excluding hydrogens is 342 g/mol. The van der Waals surface area contributed by atoms with Gasteiger partial charge in [0.05, 0.1) is 5.69 Å². The molecule has 0 aromatic heterocycles. The maximum Gasteiger partial charge on any atom is 0.174 e. The normalized spacial score (nSPS) is 10.0. The van der Waals surface area contributed by atoms with Crippen molar-refractivity contribution in [2.75, 3.05) is 11.9 Å². The number of nitriles is 1. The van der Waals surface area contributed by atoms with E-state index in [-0.39, 0.29) is 12.3 Å². The van der Waals surface area contributed by atoms with Gasteiger partial charge in [0.2, 0.25) is 0 Å². The standard InChI is InChI=1S/C15H11BrF2N2O/c16-13-7-11(17)8-14(18)15(13)20-9-10-2-1-3-12(6-10)21-5-4-19/h1-3,6-8,20H,5,9H2. The average Bonchev–Trinajstić information content (AvgIpc) is 2.44. The van der Waals surface area contributed by atoms with Crippen LogP contribution in [0, 0.1) is 23.0 Å². The van der Waals surface area contributed by atoms with E-state index in [0.717, 1.165) is 11.6 Å². The summed E-state index contributed by atoms with van der Waals surface area (Å²) in [6.45, 7) is 0.305. The van der Waals surface area contributed by atoms with Crippen LogP contribution in [-0.2, 0) is 6.54 Å². The first-order chi connectivity index (χ1) is 10.1. The zero-order valence-electron chi connectivity index (χ0n) is 10.9. The molecule has 0 radical (unpaired) electrons. The minimum absolute atomic E-state index is 0.0327. The molecule has 108 valence electrons. The molecule has 0 amide bonds. The van der Waals surface area contributed by atoms with Gasteiger partial charge in [0, 0.05) is 17.1 Å². The molecule has 0 aliphatic rings. The molecule has 6 heteroatoms. The average molecular weight is 353 g/mol. The van der Waals surface area contributed by atoms with Gasteiger partial charge in [-0.2, -0.15) is 5.26 Å². The molecule has 2 rings (SSSR count). The molecule has 1 N–H and O–H groups in total. The highest BCUT2D eigenvalue weighted by atomic mass is 79.9. The highest BCUT2D eigenvalue weighted by Crippen LogP contribution is 2.27. The SMILES string of the molecule is N#CCOc1cccc(CNc2c(F)cc(F)cc2Br)c1. The quantitative estimate of drug-likeness (QED) is 0.875. The lowest BCUT2D eigenvalue weighted by Gasteiger charge is -2.11. The number of ether oxygens (including phenoxy) is 1. The van der Waals surface area contributed by atoms with Crippen molar-refractivity contribution in [3.05, 3.63) is 58.1 Å². The van der Waals surface area contributed by atoms with Crippen molar-refractivity contribution in [2.45, 2.75) is 6.54 Å². The first kappa shape index (κ1) is 15.3. The Morgan fingerprint density at radius 3 is 2.76 bits per heavy atom. The maximum atomic E-state index is 13.7. The Morgan fingerprint density at radius 2 is 2.05 bits per heavy atom. The summed E-state index contributed by atoms with van der Waals surface area (Å²) in [6.07, 6.45) is 0. The molecule has 2 aromatic carbocycles. The zero-order valence-corrected chi connectivity index (χ0v) is 12.5. The topological polar surface area (TPSA) is 45.0 Å². The number of hydrogen-bond donors (Lipinski definition) is 1. The second-order valence-corrected chi connectivity index (χ2v) is 5.05. The third kappa shape index (κ3) is 4.17. The van der Waals surface area contributed by atoms with Crippen LogP contribution in [0.1, 0.15) is 5.56 Å². The molecule has 21 heavy (non-hydrogen) atoms. The number of nitrogens with one attached hydrogen (secondary N) is 1. The van der Waals surface area contributed by atoms with Crippen molar-refractivity contribution in [3.8, 4) is 11.8 Å². The van der Waals surface area contributed by atoms with Gasteiger partial charge in [-0.05, 0) is 39.7 Å². The molecule has 0 aliphatic heterocycles. The number of anilines is 1. The predicted molar refractivity (Wildman–Crippen MR) is 78.9 cm³/mol. The van der Waals surface area contributed by atoms with Gasteiger partial charge in [-0.25, -0.2) is 8.78 Å². The lowest BCUT2D eigenvalue weighted by Crippen LogP contribution is -2.03. The van der Waals surface area contributed by atoms with Crippen molar-refractivity contribution < 1.29 is 13.5 Å². The summed E-state index contributed by atoms with van der Waals surface area (Å²) in [5.41, 5.74) is 1.04. The third-order valence-corrected chi connectivity index (χ3v) is 3.30. The number of nitrogens with zero attached hydrogens (tertiary/aromatic N) is 1. The molecule has 0 atom stereocenters. The Bertz CT molecular complexity index is 663. The Balaban J connectivity index is 2.08. The van der Waals surface area contributed by atoms with E-state index < -0.39 is 11.6 Å². The molecule has 0 saturated carbocycles. The lowest BCUT2D eigenvalue weighted by atomic mass is 10.2. The van der Waals surface area contributed by atoms with E-state index in [0.29, 0.717) is 16.8 Å². The molecule has 0 heterocycles. The van der Waals surface area contributed by atoms with Crippen molar-refractivity contribution in [2.24, 2.45) is 0 Å². The van der Waals surface area contributed by atoms with Crippen LogP contribution >= 0.6 is 15.9 Å². The fourth-order valence-electron chi connectivity index (χ4n) is 1.76. The maximum absolute atomic E-state index is 13.7. The van der Waals surface area contributed by atoms with E-state index in [9.17, 15) is 8.78 Å². The molecule has 0 saturated heterocycles. The second-order valence-electron chi connectivity index (χ2n) is 4.19. The Labute approximate surface area is 129 Å². The zero-order chi connectivity index (χ0) is 15.2. The summed E-state index contributed by atoms with van der Waals surface area (Å²) >= 11 is 3.12. The first-order valence-corrected chi connectivity index (χ1v) is 6.86. The fourth-order valence-corrected chi connectivity index (χ4v) is 2.31. The molecule has 0 unspecified atom stereocenters. The molecule has 3 nitrogen and oxygen atoms in total. The summed E-state index contributed by atoms with van der Waals surface area (Å²) in [7, 11) is 0. The van der Waals surface area contributed by atoms with Gasteiger partial charge in [0.25, 0.3) is 0 Å². The van der Waals surface area contributed by atoms with Gasteiger partial charge in [0.1, 0.15) is 23.5 Å². The van der Waals surface area contributed by atoms with E-state index in [2.05, 4.69) is 21.2 Å². The number of halogens is 3. The molecule has 2 aromatic rings. The van der Waals surface area contributed by atoms with Crippen LogP contribution < -0.4 is 10.1 Å². The highest BCUT2D eigenvalue weighted by molar-refractivity contribution is 9.10. The Kier molecular flexibility index (Phi) is 5.12. The minimum atomic E-state index is -0.668. The molecule has 0 aliphatic carbocycles. The molecule has 0 spiro atoms. The Morgan fingerprint density at radius 1 is 1.24 bits per heavy atom. The van der Waals surface area contributed by atoms with Gasteiger partial charge in [-0.15, -0.1) is 0 Å². The van der Waals surface area contributed by atoms with E-state index >= 15 is 0 Å². The van der Waals surface area contributed by atoms with Crippen LogP contribution in [0.5, 0.6) is 5.75 Å². The molecule has 0 bridgehead atoms. The predicted octanol–water partition coefficient (Wildman–Crippen LogP) is 4.24. The van der Waals surface area contributed by atoms with E-state index in [1.807, 2.05) is 12.1 Å². The van der Waals surface area contributed by atoms with Crippen LogP contribution in [0.2, 0.25) is 0 Å². The lowest BCUT2D eigenvalue weighted by molar-refractivity contribution is 0.368. The first-order valence-electron chi connectivity index (χ1n) is 6.07. The monoisotopic (exact) mass is 352 g/mol. The minimum Gasteiger partial charge on any atom is -0.479 e. The largest absolute Gasteiger partial charge is 0.479 e. The van der Waals surface area contributed by atoms with Crippen molar-refractivity contribution >= 4 is 21.6 Å². The smallest absolute Gasteiger partial charge is 0.174 e. The summed E-state index contributed by atoms with van der Waals surface area (Å²) in [5, 5.41) is 11.4. The van der Waals surface area contributed by atoms with E-state index in [4.69, 9.17) is 10.00 Å². The number of hydrogen-bond acceptors (Lipinski definition) is 3. The van der Waals surface area contributed by atoms with Gasteiger partial charge < -0.3 is 10.1 Å². The summed E-state index contributed by atoms with van der Waals surface area (Å²) in [6, 6.07) is 11.0. The number of rotatable bonds is 5. The third-order valence-electron chi connectivity index (χ3n) is 2.68. The number of benzene rings is 2. The van der Waals surface area contributed by atoms with Crippen LogP contribution in [0.3, 0.4) is 0 Å². The second kappa shape index (κ2) is 7.04. The van der Waals surface area contributed by atoms with Crippen LogP contribution in [0.25, 0.3) is 0 Å².